The molecule has 29 heavy (non-hydrogen) atoms. The molecule has 3 amide bonds. The van der Waals surface area contributed by atoms with Crippen LogP contribution in [-0.2, 0) is 9.59 Å². The van der Waals surface area contributed by atoms with Gasteiger partial charge in [-0.2, -0.15) is 5.26 Å². The second-order valence-electron chi connectivity index (χ2n) is 7.90. The second-order valence-corrected chi connectivity index (χ2v) is 7.90. The summed E-state index contributed by atoms with van der Waals surface area (Å²) in [6.45, 7) is 1.50. The number of carbonyl (C=O) groups is 3. The molecule has 0 saturated carbocycles. The summed E-state index contributed by atoms with van der Waals surface area (Å²) in [6.07, 6.45) is 2.18. The van der Waals surface area contributed by atoms with Crippen molar-refractivity contribution in [2.45, 2.75) is 43.4 Å². The van der Waals surface area contributed by atoms with Crippen LogP contribution < -0.4 is 16.4 Å². The zero-order chi connectivity index (χ0) is 20.7. The number of hydrogen-bond acceptors (Lipinski definition) is 6. The summed E-state index contributed by atoms with van der Waals surface area (Å²) in [5.74, 6) is -0.751. The maximum absolute atomic E-state index is 12.9. The van der Waals surface area contributed by atoms with Gasteiger partial charge in [0.1, 0.15) is 6.04 Å². The van der Waals surface area contributed by atoms with Crippen LogP contribution in [0.15, 0.2) is 24.3 Å². The van der Waals surface area contributed by atoms with E-state index in [-0.39, 0.29) is 23.9 Å². The largest absolute Gasteiger partial charge is 0.366 e. The van der Waals surface area contributed by atoms with Gasteiger partial charge < -0.3 is 21.3 Å². The number of piperazine rings is 1. The normalized spacial score (nSPS) is 27.3. The molecule has 1 aromatic rings. The maximum atomic E-state index is 12.9. The van der Waals surface area contributed by atoms with Crippen LogP contribution in [0.2, 0.25) is 0 Å². The van der Waals surface area contributed by atoms with Crippen molar-refractivity contribution in [2.24, 2.45) is 11.5 Å². The number of nitrogens with zero attached hydrogens (tertiary/aromatic N) is 4. The van der Waals surface area contributed by atoms with Crippen LogP contribution in [0.1, 0.15) is 29.6 Å². The van der Waals surface area contributed by atoms with Crippen LogP contribution in [0.4, 0.5) is 5.69 Å². The van der Waals surface area contributed by atoms with Gasteiger partial charge in [-0.25, -0.2) is 0 Å². The molecule has 4 rings (SSSR count). The average Bonchev–Trinajstić information content (AvgIpc) is 3.41. The molecule has 9 nitrogen and oxygen atoms in total. The highest BCUT2D eigenvalue weighted by molar-refractivity contribution is 6.02. The number of primary amides is 1. The monoisotopic (exact) mass is 396 g/mol. The van der Waals surface area contributed by atoms with E-state index in [2.05, 4.69) is 6.07 Å². The Morgan fingerprint density at radius 2 is 2.00 bits per heavy atom. The van der Waals surface area contributed by atoms with Crippen molar-refractivity contribution in [2.75, 3.05) is 24.5 Å². The minimum atomic E-state index is -0.751. The topological polar surface area (TPSA) is 137 Å². The van der Waals surface area contributed by atoms with Gasteiger partial charge in [-0.05, 0) is 43.5 Å². The third-order valence-corrected chi connectivity index (χ3v) is 6.13. The van der Waals surface area contributed by atoms with E-state index in [0.29, 0.717) is 38.0 Å². The highest BCUT2D eigenvalue weighted by Gasteiger charge is 2.50. The van der Waals surface area contributed by atoms with Gasteiger partial charge >= 0.3 is 0 Å². The van der Waals surface area contributed by atoms with Crippen LogP contribution in [0.3, 0.4) is 0 Å². The molecule has 3 aliphatic rings. The Morgan fingerprint density at radius 3 is 2.62 bits per heavy atom. The number of likely N-dealkylation sites (tertiary alicyclic amines) is 2. The van der Waals surface area contributed by atoms with Gasteiger partial charge in [-0.3, -0.25) is 19.3 Å². The predicted octanol–water partition coefficient (Wildman–Crippen LogP) is -0.583. The van der Waals surface area contributed by atoms with Gasteiger partial charge in [0.25, 0.3) is 0 Å². The van der Waals surface area contributed by atoms with Crippen molar-refractivity contribution in [1.82, 2.24) is 9.80 Å². The van der Waals surface area contributed by atoms with E-state index in [1.165, 1.54) is 0 Å². The Bertz CT molecular complexity index is 879. The number of hydrogen-bond donors (Lipinski definition) is 2. The summed E-state index contributed by atoms with van der Waals surface area (Å²) in [5.41, 5.74) is 12.6. The minimum absolute atomic E-state index is 0.00729. The van der Waals surface area contributed by atoms with E-state index in [1.807, 2.05) is 4.90 Å². The van der Waals surface area contributed by atoms with Crippen molar-refractivity contribution >= 4 is 23.4 Å². The highest BCUT2D eigenvalue weighted by Crippen LogP contribution is 2.35. The van der Waals surface area contributed by atoms with Crippen molar-refractivity contribution in [3.8, 4) is 6.07 Å². The number of nitrogens with two attached hydrogens (primary N) is 2. The molecule has 0 spiro atoms. The number of anilines is 1. The van der Waals surface area contributed by atoms with Crippen LogP contribution >= 0.6 is 0 Å². The lowest BCUT2D eigenvalue weighted by molar-refractivity contribution is -0.134. The zero-order valence-corrected chi connectivity index (χ0v) is 16.0. The number of carbonyl (C=O) groups excluding carboxylic acids is 3. The molecule has 1 aromatic carbocycles. The molecule has 4 atom stereocenters. The SMILES string of the molecule is N#C[C@@H]1CCCN1C(=O)[C@@H](N)CN1C[C@@H]2C[C@H]1C(=O)N2c1ccc(C(N)=O)cc1. The summed E-state index contributed by atoms with van der Waals surface area (Å²) >= 11 is 0. The molecular weight excluding hydrogens is 372 g/mol. The minimum Gasteiger partial charge on any atom is -0.366 e. The first kappa shape index (κ1) is 19.4. The van der Waals surface area contributed by atoms with Gasteiger partial charge in [0.05, 0.1) is 24.2 Å². The Hall–Kier alpha value is -2.96. The van der Waals surface area contributed by atoms with E-state index < -0.39 is 18.0 Å². The number of amides is 3. The van der Waals surface area contributed by atoms with E-state index in [1.54, 1.807) is 34.1 Å². The standard InChI is InChI=1S/C20H24N6O3/c21-9-14-2-1-7-25(14)19(28)16(22)11-24-10-15-8-17(24)20(29)26(15)13-5-3-12(4-6-13)18(23)27/h3-6,14-17H,1-2,7-8,10-11,22H2,(H2,23,27)/t14-,15-,16-,17-/m0/s1. The van der Waals surface area contributed by atoms with E-state index in [0.717, 1.165) is 12.1 Å². The molecule has 0 radical (unpaired) electrons. The molecule has 4 N–H and O–H groups in total. The van der Waals surface area contributed by atoms with Crippen LogP contribution in [-0.4, -0.2) is 71.3 Å². The van der Waals surface area contributed by atoms with Crippen molar-refractivity contribution in [3.63, 3.8) is 0 Å². The summed E-state index contributed by atoms with van der Waals surface area (Å²) in [6, 6.07) is 7.40. The van der Waals surface area contributed by atoms with Gasteiger partial charge in [0.2, 0.25) is 17.7 Å². The summed E-state index contributed by atoms with van der Waals surface area (Å²) < 4.78 is 0. The first-order valence-corrected chi connectivity index (χ1v) is 9.83. The summed E-state index contributed by atoms with van der Waals surface area (Å²) in [7, 11) is 0. The summed E-state index contributed by atoms with van der Waals surface area (Å²) in [4.78, 5) is 42.1. The lowest BCUT2D eigenvalue weighted by atomic mass is 10.1. The molecule has 3 heterocycles. The van der Waals surface area contributed by atoms with Crippen molar-refractivity contribution < 1.29 is 14.4 Å². The van der Waals surface area contributed by atoms with Gasteiger partial charge in [0, 0.05) is 30.9 Å². The Kier molecular flexibility index (Phi) is 4.98. The number of nitriles is 1. The zero-order valence-electron chi connectivity index (χ0n) is 16.0. The van der Waals surface area contributed by atoms with E-state index in [4.69, 9.17) is 11.5 Å². The van der Waals surface area contributed by atoms with Gasteiger partial charge in [-0.1, -0.05) is 0 Å². The van der Waals surface area contributed by atoms with Crippen LogP contribution in [0.5, 0.6) is 0 Å². The molecule has 0 unspecified atom stereocenters. The number of fused-ring (bicyclic) bond motifs is 2. The number of rotatable bonds is 5. The fourth-order valence-electron chi connectivity index (χ4n) is 4.70. The third kappa shape index (κ3) is 3.34. The van der Waals surface area contributed by atoms with Crippen molar-refractivity contribution in [3.05, 3.63) is 29.8 Å². The van der Waals surface area contributed by atoms with Crippen LogP contribution in [0, 0.1) is 11.3 Å². The Morgan fingerprint density at radius 1 is 1.28 bits per heavy atom. The molecular formula is C20H24N6O3. The fourth-order valence-corrected chi connectivity index (χ4v) is 4.70. The molecule has 2 bridgehead atoms. The second kappa shape index (κ2) is 7.46. The number of benzene rings is 1. The maximum Gasteiger partial charge on any atom is 0.248 e. The molecule has 3 aliphatic heterocycles. The lowest BCUT2D eigenvalue weighted by Gasteiger charge is -2.35. The fraction of sp³-hybridized carbons (Fsp3) is 0.500. The lowest BCUT2D eigenvalue weighted by Crippen LogP contribution is -2.56. The average molecular weight is 396 g/mol. The van der Waals surface area contributed by atoms with E-state index in [9.17, 15) is 19.6 Å². The van der Waals surface area contributed by atoms with Crippen LogP contribution in [0.25, 0.3) is 0 Å². The Labute approximate surface area is 168 Å². The molecule has 9 heteroatoms. The predicted molar refractivity (Wildman–Crippen MR) is 105 cm³/mol. The Balaban J connectivity index is 1.40. The third-order valence-electron chi connectivity index (χ3n) is 6.13. The first-order chi connectivity index (χ1) is 13.9. The summed E-state index contributed by atoms with van der Waals surface area (Å²) in [5, 5.41) is 9.19. The quantitative estimate of drug-likeness (QED) is 0.683. The molecule has 152 valence electrons. The smallest absolute Gasteiger partial charge is 0.248 e. The van der Waals surface area contributed by atoms with E-state index >= 15 is 0 Å². The first-order valence-electron chi connectivity index (χ1n) is 9.83. The van der Waals surface area contributed by atoms with Gasteiger partial charge in [-0.15, -0.1) is 0 Å². The highest BCUT2D eigenvalue weighted by atomic mass is 16.2. The molecule has 3 saturated heterocycles. The molecule has 3 fully saturated rings. The molecule has 0 aromatic heterocycles. The van der Waals surface area contributed by atoms with Crippen molar-refractivity contribution in [1.29, 1.82) is 5.26 Å². The van der Waals surface area contributed by atoms with Gasteiger partial charge in [0.15, 0.2) is 0 Å². The molecule has 0 aliphatic carbocycles.